The molecule has 0 spiro atoms. The minimum atomic E-state index is 0. The van der Waals surface area contributed by atoms with Gasteiger partial charge in [-0.3, -0.25) is 0 Å². The number of hydrogen-bond donors (Lipinski definition) is 4. The molecule has 0 aromatic rings. The molecule has 0 amide bonds. The molecule has 0 atom stereocenters. The van der Waals surface area contributed by atoms with Crippen LogP contribution in [0.3, 0.4) is 0 Å². The van der Waals surface area contributed by atoms with Crippen LogP contribution in [0.5, 0.6) is 0 Å². The molecule has 0 aliphatic rings. The summed E-state index contributed by atoms with van der Waals surface area (Å²) in [5, 5.41) is 0. The van der Waals surface area contributed by atoms with Gasteiger partial charge in [0.15, 0.2) is 0 Å². The van der Waals surface area contributed by atoms with E-state index in [1.807, 2.05) is 0 Å². The van der Waals surface area contributed by atoms with Gasteiger partial charge in [-0.15, -0.1) is 0 Å². The predicted octanol–water partition coefficient (Wildman–Crippen LogP) is -5.19. The first-order valence-corrected chi connectivity index (χ1v) is 2.63. The molecule has 0 saturated heterocycles. The maximum absolute atomic E-state index is 4.90. The van der Waals surface area contributed by atoms with Gasteiger partial charge in [-0.2, -0.15) is 0 Å². The second-order valence-electron chi connectivity index (χ2n) is 1.15. The van der Waals surface area contributed by atoms with E-state index in [0.29, 0.717) is 26.2 Å². The van der Waals surface area contributed by atoms with Crippen LogP contribution in [0.4, 0.5) is 0 Å². The van der Waals surface area contributed by atoms with E-state index in [9.17, 15) is 0 Å². The number of rotatable bonds is 2. The van der Waals surface area contributed by atoms with Crippen molar-refractivity contribution in [3.63, 3.8) is 0 Å². The van der Waals surface area contributed by atoms with E-state index in [0.717, 1.165) is 0 Å². The summed E-state index contributed by atoms with van der Waals surface area (Å²) < 4.78 is 0. The average molecular weight is 353 g/mol. The molecule has 0 unspecified atom stereocenters. The first kappa shape index (κ1) is 22.4. The second kappa shape index (κ2) is 32.7. The van der Waals surface area contributed by atoms with E-state index < -0.39 is 0 Å². The van der Waals surface area contributed by atoms with Crippen LogP contribution in [0, 0.1) is 0 Å². The van der Waals surface area contributed by atoms with Crippen LogP contribution in [0.15, 0.2) is 0 Å². The zero-order valence-electron chi connectivity index (χ0n) is 5.82. The van der Waals surface area contributed by atoms with E-state index in [1.54, 1.807) is 0 Å². The first-order chi connectivity index (χ1) is 3.83. The molecule has 0 heterocycles. The third-order valence-electron chi connectivity index (χ3n) is 0.333. The Hall–Kier alpha value is 0.870. The molecule has 0 aliphatic carbocycles. The van der Waals surface area contributed by atoms with E-state index in [1.165, 1.54) is 0 Å². The third-order valence-corrected chi connectivity index (χ3v) is 0.333. The van der Waals surface area contributed by atoms with Gasteiger partial charge in [0.05, 0.1) is 0 Å². The molecule has 0 aromatic carbocycles. The molecule has 4 nitrogen and oxygen atoms in total. The van der Waals surface area contributed by atoms with Crippen molar-refractivity contribution >= 4 is 0 Å². The molecule has 0 aliphatic heterocycles. The molecule has 0 rings (SSSR count). The monoisotopic (exact) mass is 352 g/mol. The van der Waals surface area contributed by atoms with Crippen LogP contribution in [0.2, 0.25) is 0 Å². The predicted molar refractivity (Wildman–Crippen MR) is 36.2 cm³/mol. The third kappa shape index (κ3) is 66.7. The van der Waals surface area contributed by atoms with Gasteiger partial charge in [0.25, 0.3) is 0 Å². The first-order valence-electron chi connectivity index (χ1n) is 2.63. The Morgan fingerprint density at radius 3 is 0.700 bits per heavy atom. The SMILES string of the molecule is NCCN.NCCN.[Au+].[Cl-]. The van der Waals surface area contributed by atoms with Crippen molar-refractivity contribution in [2.24, 2.45) is 22.9 Å². The normalized spacial score (nSPS) is 6.00. The Bertz CT molecular complexity index is 25.2. The van der Waals surface area contributed by atoms with Gasteiger partial charge >= 0.3 is 22.4 Å². The maximum Gasteiger partial charge on any atom is 1.00 e. The fraction of sp³-hybridized carbons (Fsp3) is 1.00. The van der Waals surface area contributed by atoms with Crippen molar-refractivity contribution in [2.75, 3.05) is 26.2 Å². The Labute approximate surface area is 84.0 Å². The van der Waals surface area contributed by atoms with Crippen LogP contribution in [0.25, 0.3) is 0 Å². The Morgan fingerprint density at radius 1 is 0.600 bits per heavy atom. The minimum absolute atomic E-state index is 0. The number of halogens is 1. The van der Waals surface area contributed by atoms with Crippen LogP contribution in [-0.4, -0.2) is 26.2 Å². The van der Waals surface area contributed by atoms with Gasteiger partial charge in [0, 0.05) is 26.2 Å². The van der Waals surface area contributed by atoms with Gasteiger partial charge < -0.3 is 35.3 Å². The van der Waals surface area contributed by atoms with Crippen molar-refractivity contribution in [1.82, 2.24) is 0 Å². The molecule has 6 heteroatoms. The van der Waals surface area contributed by atoms with Crippen LogP contribution in [0.1, 0.15) is 0 Å². The van der Waals surface area contributed by atoms with E-state index in [-0.39, 0.29) is 34.8 Å². The van der Waals surface area contributed by atoms with Gasteiger partial charge in [-0.25, -0.2) is 0 Å². The van der Waals surface area contributed by atoms with Crippen LogP contribution in [-0.2, 0) is 22.4 Å². The van der Waals surface area contributed by atoms with Crippen molar-refractivity contribution in [3.8, 4) is 0 Å². The van der Waals surface area contributed by atoms with Gasteiger partial charge in [-0.05, 0) is 0 Å². The molecule has 0 radical (unpaired) electrons. The Morgan fingerprint density at radius 2 is 0.700 bits per heavy atom. The summed E-state index contributed by atoms with van der Waals surface area (Å²) in [4.78, 5) is 0. The Balaban J connectivity index is -0.0000000300. The van der Waals surface area contributed by atoms with Gasteiger partial charge in [0.2, 0.25) is 0 Å². The summed E-state index contributed by atoms with van der Waals surface area (Å²) in [5.41, 5.74) is 19.6. The fourth-order valence-electron chi connectivity index (χ4n) is 0. The summed E-state index contributed by atoms with van der Waals surface area (Å²) >= 11 is 0. The minimum Gasteiger partial charge on any atom is -1.00 e. The second-order valence-corrected chi connectivity index (χ2v) is 1.15. The van der Waals surface area contributed by atoms with Crippen LogP contribution >= 0.6 is 0 Å². The molecular weight excluding hydrogens is 336 g/mol. The Kier molecular flexibility index (Phi) is 73.5. The standard InChI is InChI=1S/2C2H8N2.Au.ClH/c2*3-1-2-4;;/h2*1-4H2;;1H/q;;+1;/p-1. The van der Waals surface area contributed by atoms with Crippen molar-refractivity contribution in [3.05, 3.63) is 0 Å². The molecular formula is C4H16AuClN4. The number of hydrogen-bond acceptors (Lipinski definition) is 4. The maximum atomic E-state index is 4.90. The summed E-state index contributed by atoms with van der Waals surface area (Å²) in [7, 11) is 0. The van der Waals surface area contributed by atoms with Crippen molar-refractivity contribution < 1.29 is 34.8 Å². The average Bonchev–Trinajstić information content (AvgIpc) is 1.88. The van der Waals surface area contributed by atoms with Crippen molar-refractivity contribution in [2.45, 2.75) is 0 Å². The fourth-order valence-corrected chi connectivity index (χ4v) is 0. The quantitative estimate of drug-likeness (QED) is 0.373. The molecule has 0 bridgehead atoms. The van der Waals surface area contributed by atoms with E-state index >= 15 is 0 Å². The van der Waals surface area contributed by atoms with E-state index in [2.05, 4.69) is 0 Å². The zero-order chi connectivity index (χ0) is 6.83. The summed E-state index contributed by atoms with van der Waals surface area (Å²) in [5.74, 6) is 0. The molecule has 8 N–H and O–H groups in total. The topological polar surface area (TPSA) is 104 Å². The smallest absolute Gasteiger partial charge is 1.00 e. The van der Waals surface area contributed by atoms with Gasteiger partial charge in [0.1, 0.15) is 0 Å². The molecule has 70 valence electrons. The largest absolute Gasteiger partial charge is 1.00 e. The summed E-state index contributed by atoms with van der Waals surface area (Å²) in [6, 6.07) is 0. The number of nitrogens with two attached hydrogens (primary N) is 4. The molecule has 0 aromatic heterocycles. The molecule has 0 saturated carbocycles. The summed E-state index contributed by atoms with van der Waals surface area (Å²) in [6.07, 6.45) is 0. The zero-order valence-corrected chi connectivity index (χ0v) is 8.74. The van der Waals surface area contributed by atoms with Gasteiger partial charge in [-0.1, -0.05) is 0 Å². The molecule has 10 heavy (non-hydrogen) atoms. The van der Waals surface area contributed by atoms with Crippen LogP contribution < -0.4 is 35.3 Å². The van der Waals surface area contributed by atoms with Crippen molar-refractivity contribution in [1.29, 1.82) is 0 Å². The summed E-state index contributed by atoms with van der Waals surface area (Å²) in [6.45, 7) is 2.39. The molecule has 0 fully saturated rings. The van der Waals surface area contributed by atoms with E-state index in [4.69, 9.17) is 22.9 Å².